The molecule has 0 aliphatic carbocycles. The molecule has 28 heavy (non-hydrogen) atoms. The van der Waals surface area contributed by atoms with Crippen LogP contribution in [0.4, 0.5) is 0 Å². The van der Waals surface area contributed by atoms with E-state index in [0.29, 0.717) is 5.66 Å². The summed E-state index contributed by atoms with van der Waals surface area (Å²) >= 11 is 0. The Labute approximate surface area is 176 Å². The molecule has 0 saturated heterocycles. The van der Waals surface area contributed by atoms with Crippen LogP contribution in [0, 0.1) is 0 Å². The van der Waals surface area contributed by atoms with Gasteiger partial charge in [-0.2, -0.15) is 0 Å². The van der Waals surface area contributed by atoms with Crippen molar-refractivity contribution in [3.63, 3.8) is 0 Å². The van der Waals surface area contributed by atoms with Gasteiger partial charge in [-0.15, -0.1) is 0 Å². The molecule has 0 aliphatic heterocycles. The Bertz CT molecular complexity index is 873. The van der Waals surface area contributed by atoms with Crippen LogP contribution in [0.25, 0.3) is 0 Å². The summed E-state index contributed by atoms with van der Waals surface area (Å²) in [6, 6.07) is 43.7. The van der Waals surface area contributed by atoms with Gasteiger partial charge in [0.25, 0.3) is 0 Å². The van der Waals surface area contributed by atoms with Crippen molar-refractivity contribution in [1.82, 2.24) is 0 Å². The maximum atomic E-state index is 2.27. The second kappa shape index (κ2) is 9.20. The molecule has 140 valence electrons. The van der Waals surface area contributed by atoms with E-state index in [1.807, 2.05) is 0 Å². The van der Waals surface area contributed by atoms with Gasteiger partial charge >= 0.3 is 0 Å². The third-order valence-electron chi connectivity index (χ3n) is 5.41. The van der Waals surface area contributed by atoms with Gasteiger partial charge in [0.1, 0.15) is 5.66 Å². The molecule has 0 radical (unpaired) electrons. The van der Waals surface area contributed by atoms with E-state index in [9.17, 15) is 0 Å². The molecule has 0 amide bonds. The molecule has 0 N–H and O–H groups in total. The number of rotatable bonds is 5. The summed E-state index contributed by atoms with van der Waals surface area (Å²) in [6.45, 7) is 0. The average molecular weight is 403 g/mol. The molecule has 0 bridgehead atoms. The SMILES string of the molecule is [Cl-].[PH3+]C(c1ccccc1)C(c1ccccc1)(c1ccccc1)c1ccccc1. The van der Waals surface area contributed by atoms with Gasteiger partial charge in [0.05, 0.1) is 5.41 Å². The fraction of sp³-hybridized carbons (Fsp3) is 0.0769. The largest absolute Gasteiger partial charge is 1.00 e. The van der Waals surface area contributed by atoms with Gasteiger partial charge in [0.15, 0.2) is 0 Å². The van der Waals surface area contributed by atoms with E-state index in [-0.39, 0.29) is 17.8 Å². The zero-order valence-electron chi connectivity index (χ0n) is 15.7. The Morgan fingerprint density at radius 2 is 0.750 bits per heavy atom. The molecule has 0 saturated carbocycles. The fourth-order valence-electron chi connectivity index (χ4n) is 4.14. The normalized spacial score (nSPS) is 12.1. The lowest BCUT2D eigenvalue weighted by Crippen LogP contribution is -3.00. The van der Waals surface area contributed by atoms with Crippen LogP contribution in [0.15, 0.2) is 121 Å². The first-order chi connectivity index (χ1) is 13.3. The Morgan fingerprint density at radius 3 is 1.07 bits per heavy atom. The third-order valence-corrected chi connectivity index (χ3v) is 6.50. The fourth-order valence-corrected chi connectivity index (χ4v) is 5.12. The number of hydrogen-bond donors (Lipinski definition) is 0. The molecule has 4 aromatic carbocycles. The minimum atomic E-state index is -0.246. The Morgan fingerprint density at radius 1 is 0.464 bits per heavy atom. The van der Waals surface area contributed by atoms with Crippen molar-refractivity contribution in [3.8, 4) is 0 Å². The Hall–Kier alpha value is -2.40. The van der Waals surface area contributed by atoms with Gasteiger partial charge in [-0.25, -0.2) is 0 Å². The highest BCUT2D eigenvalue weighted by Gasteiger charge is 2.45. The highest BCUT2D eigenvalue weighted by Crippen LogP contribution is 2.52. The lowest BCUT2D eigenvalue weighted by molar-refractivity contribution is -0.00000513. The number of halogens is 1. The van der Waals surface area contributed by atoms with Gasteiger partial charge in [-0.3, -0.25) is 0 Å². The van der Waals surface area contributed by atoms with Gasteiger partial charge in [-0.1, -0.05) is 121 Å². The van der Waals surface area contributed by atoms with E-state index in [1.165, 1.54) is 22.3 Å². The topological polar surface area (TPSA) is 0 Å². The van der Waals surface area contributed by atoms with Gasteiger partial charge in [-0.05, 0) is 31.5 Å². The lowest BCUT2D eigenvalue weighted by Gasteiger charge is -2.38. The molecular weight excluding hydrogens is 379 g/mol. The predicted molar refractivity (Wildman–Crippen MR) is 119 cm³/mol. The second-order valence-electron chi connectivity index (χ2n) is 6.87. The van der Waals surface area contributed by atoms with E-state index >= 15 is 0 Å². The summed E-state index contributed by atoms with van der Waals surface area (Å²) in [6.07, 6.45) is 0. The van der Waals surface area contributed by atoms with Crippen LogP contribution in [0.1, 0.15) is 27.9 Å². The monoisotopic (exact) mass is 402 g/mol. The predicted octanol–water partition coefficient (Wildman–Crippen LogP) is 3.37. The minimum absolute atomic E-state index is 0. The first kappa shape index (κ1) is 20.3. The lowest BCUT2D eigenvalue weighted by atomic mass is 9.65. The van der Waals surface area contributed by atoms with Crippen molar-refractivity contribution in [3.05, 3.63) is 144 Å². The molecule has 2 atom stereocenters. The van der Waals surface area contributed by atoms with Crippen molar-refractivity contribution in [2.24, 2.45) is 0 Å². The second-order valence-corrected chi connectivity index (χ2v) is 7.69. The van der Waals surface area contributed by atoms with Crippen LogP contribution in [-0.2, 0) is 5.41 Å². The molecule has 0 aromatic heterocycles. The first-order valence-corrected chi connectivity index (χ1v) is 10.2. The smallest absolute Gasteiger partial charge is 0.105 e. The summed E-state index contributed by atoms with van der Waals surface area (Å²) in [5.41, 5.74) is 5.38. The molecule has 4 aromatic rings. The van der Waals surface area contributed by atoms with Crippen molar-refractivity contribution in [2.75, 3.05) is 0 Å². The third kappa shape index (κ3) is 3.63. The summed E-state index contributed by atoms with van der Waals surface area (Å²) in [4.78, 5) is 0. The molecule has 0 heterocycles. The Kier molecular flexibility index (Phi) is 6.68. The summed E-state index contributed by atoms with van der Waals surface area (Å²) in [7, 11) is 2.09. The molecule has 0 aliphatic rings. The van der Waals surface area contributed by atoms with E-state index in [2.05, 4.69) is 131 Å². The number of hydrogen-bond acceptors (Lipinski definition) is 0. The molecule has 2 heteroatoms. The molecule has 4 rings (SSSR count). The first-order valence-electron chi connectivity index (χ1n) is 9.38. The van der Waals surface area contributed by atoms with Crippen LogP contribution in [0.3, 0.4) is 0 Å². The van der Waals surface area contributed by atoms with E-state index < -0.39 is 0 Å². The van der Waals surface area contributed by atoms with Gasteiger partial charge in [0.2, 0.25) is 0 Å². The van der Waals surface area contributed by atoms with Crippen LogP contribution in [-0.4, -0.2) is 0 Å². The van der Waals surface area contributed by atoms with Crippen molar-refractivity contribution < 1.29 is 12.4 Å². The quantitative estimate of drug-likeness (QED) is 0.354. The van der Waals surface area contributed by atoms with Crippen LogP contribution in [0.2, 0.25) is 0 Å². The van der Waals surface area contributed by atoms with Gasteiger partial charge in [0, 0.05) is 0 Å². The zero-order valence-corrected chi connectivity index (χ0v) is 17.9. The molecule has 0 spiro atoms. The highest BCUT2D eigenvalue weighted by molar-refractivity contribution is 7.17. The Balaban J connectivity index is 0.00000225. The molecular formula is C26H24ClP. The maximum Gasteiger partial charge on any atom is 0.105 e. The highest BCUT2D eigenvalue weighted by atomic mass is 35.5. The van der Waals surface area contributed by atoms with Crippen molar-refractivity contribution in [2.45, 2.75) is 11.1 Å². The van der Waals surface area contributed by atoms with Crippen LogP contribution >= 0.6 is 9.24 Å². The molecule has 0 fully saturated rings. The summed E-state index contributed by atoms with van der Waals surface area (Å²) in [5, 5.41) is 0. The molecule has 0 nitrogen and oxygen atoms in total. The van der Waals surface area contributed by atoms with E-state index in [1.54, 1.807) is 0 Å². The zero-order chi connectivity index (χ0) is 18.5. The van der Waals surface area contributed by atoms with Crippen molar-refractivity contribution in [1.29, 1.82) is 0 Å². The number of benzene rings is 4. The minimum Gasteiger partial charge on any atom is -1.00 e. The summed E-state index contributed by atoms with van der Waals surface area (Å²) in [5.74, 6) is 0. The van der Waals surface area contributed by atoms with E-state index in [0.717, 1.165) is 0 Å². The standard InChI is InChI=1S/C26H23P.ClH/c27-25(21-13-5-1-6-14-21)26(22-15-7-2-8-16-22,23-17-9-3-10-18-23)24-19-11-4-12-20-24;/h1-20,25H,27H2;1H. The van der Waals surface area contributed by atoms with Gasteiger partial charge < -0.3 is 12.4 Å². The van der Waals surface area contributed by atoms with Crippen LogP contribution < -0.4 is 12.4 Å². The van der Waals surface area contributed by atoms with Crippen LogP contribution in [0.5, 0.6) is 0 Å². The average Bonchev–Trinajstić information content (AvgIpc) is 2.77. The van der Waals surface area contributed by atoms with E-state index in [4.69, 9.17) is 0 Å². The molecule has 2 unspecified atom stereocenters. The van der Waals surface area contributed by atoms with Crippen molar-refractivity contribution >= 4 is 9.24 Å². The maximum absolute atomic E-state index is 2.27. The summed E-state index contributed by atoms with van der Waals surface area (Å²) < 4.78 is 0.